The quantitative estimate of drug-likeness (QED) is 0.380. The highest BCUT2D eigenvalue weighted by Gasteiger charge is 2.13. The van der Waals surface area contributed by atoms with E-state index in [1.54, 1.807) is 63.8 Å². The van der Waals surface area contributed by atoms with Crippen LogP contribution in [0.25, 0.3) is 12.2 Å². The third kappa shape index (κ3) is 6.10. The molecule has 2 aromatic rings. The molecule has 0 N–H and O–H groups in total. The van der Waals surface area contributed by atoms with Gasteiger partial charge in [0.25, 0.3) is 0 Å². The molecule has 0 atom stereocenters. The Hall–Kier alpha value is -3.81. The maximum Gasteiger partial charge on any atom is 0.331 e. The summed E-state index contributed by atoms with van der Waals surface area (Å²) in [4.78, 5) is 12.1. The lowest BCUT2D eigenvalue weighted by Gasteiger charge is -2.12. The zero-order valence-corrected chi connectivity index (χ0v) is 19.1. The lowest BCUT2D eigenvalue weighted by Crippen LogP contribution is -2.00. The van der Waals surface area contributed by atoms with Gasteiger partial charge in [-0.05, 0) is 47.5 Å². The fraction of sp³-hybridized carbons (Fsp3) is 0.292. The van der Waals surface area contributed by atoms with Crippen LogP contribution >= 0.6 is 0 Å². The minimum Gasteiger partial charge on any atom is -0.493 e. The van der Waals surface area contributed by atoms with E-state index in [-0.39, 0.29) is 6.61 Å². The largest absolute Gasteiger partial charge is 0.493 e. The number of carbonyl (C=O) groups is 1. The van der Waals surface area contributed by atoms with Crippen LogP contribution in [0.2, 0.25) is 0 Å². The Morgan fingerprint density at radius 3 is 1.44 bits per heavy atom. The summed E-state index contributed by atoms with van der Waals surface area (Å²) >= 11 is 0. The molecule has 0 unspecified atom stereocenters. The van der Waals surface area contributed by atoms with Crippen molar-refractivity contribution in [3.8, 4) is 34.5 Å². The van der Waals surface area contributed by atoms with Gasteiger partial charge in [0, 0.05) is 6.08 Å². The second-order valence-corrected chi connectivity index (χ2v) is 6.28. The molecule has 0 fully saturated rings. The summed E-state index contributed by atoms with van der Waals surface area (Å²) in [5, 5.41) is 0. The molecule has 0 saturated heterocycles. The highest BCUT2D eigenvalue weighted by atomic mass is 16.5. The molecule has 0 heterocycles. The highest BCUT2D eigenvalue weighted by molar-refractivity contribution is 5.87. The summed E-state index contributed by atoms with van der Waals surface area (Å²) in [7, 11) is 9.22. The normalized spacial score (nSPS) is 10.8. The molecule has 172 valence electrons. The lowest BCUT2D eigenvalue weighted by molar-refractivity contribution is -0.136. The summed E-state index contributed by atoms with van der Waals surface area (Å²) in [6.07, 6.45) is 6.44. The van der Waals surface area contributed by atoms with Gasteiger partial charge in [-0.3, -0.25) is 0 Å². The van der Waals surface area contributed by atoms with Crippen molar-refractivity contribution in [3.05, 3.63) is 47.5 Å². The average molecular weight is 444 g/mol. The molecular weight excluding hydrogens is 416 g/mol. The number of hydrogen-bond donors (Lipinski definition) is 0. The first-order valence-corrected chi connectivity index (χ1v) is 9.62. The minimum absolute atomic E-state index is 0.0923. The van der Waals surface area contributed by atoms with Gasteiger partial charge in [0.1, 0.15) is 6.61 Å². The van der Waals surface area contributed by atoms with Crippen molar-refractivity contribution >= 4 is 18.1 Å². The first kappa shape index (κ1) is 24.5. The molecule has 0 aliphatic carbocycles. The molecule has 2 aromatic carbocycles. The molecule has 0 spiro atoms. The summed E-state index contributed by atoms with van der Waals surface area (Å²) in [6.45, 7) is 0.0923. The van der Waals surface area contributed by atoms with E-state index in [1.807, 2.05) is 0 Å². The number of carbonyl (C=O) groups excluding carboxylic acids is 1. The van der Waals surface area contributed by atoms with Gasteiger partial charge in [-0.1, -0.05) is 6.08 Å². The van der Waals surface area contributed by atoms with Gasteiger partial charge >= 0.3 is 5.97 Å². The first-order chi connectivity index (χ1) is 15.5. The maximum absolute atomic E-state index is 12.1. The topological polar surface area (TPSA) is 81.7 Å². The molecule has 8 heteroatoms. The third-order valence-corrected chi connectivity index (χ3v) is 4.42. The standard InChI is InChI=1S/C24H28O8/c1-26-18-12-16(13-19(27-2)23(18)30-5)8-7-11-32-22(25)10-9-17-14-20(28-3)24(31-6)21(15-17)29-4/h7-10,12-15H,11H2,1-6H3/b8-7+,10-9+. The monoisotopic (exact) mass is 444 g/mol. The predicted octanol–water partition coefficient (Wildman–Crippen LogP) is 4.01. The van der Waals surface area contributed by atoms with E-state index in [2.05, 4.69) is 0 Å². The van der Waals surface area contributed by atoms with Crippen LogP contribution in [0.1, 0.15) is 11.1 Å². The van der Waals surface area contributed by atoms with Crippen molar-refractivity contribution in [2.24, 2.45) is 0 Å². The molecule has 0 aliphatic heterocycles. The third-order valence-electron chi connectivity index (χ3n) is 4.42. The van der Waals surface area contributed by atoms with Crippen LogP contribution in [0.5, 0.6) is 34.5 Å². The number of rotatable bonds is 11. The predicted molar refractivity (Wildman–Crippen MR) is 121 cm³/mol. The van der Waals surface area contributed by atoms with Gasteiger partial charge in [0.2, 0.25) is 11.5 Å². The number of ether oxygens (including phenoxy) is 7. The molecule has 8 nitrogen and oxygen atoms in total. The molecule has 0 aromatic heterocycles. The Labute approximate surface area is 187 Å². The second-order valence-electron chi connectivity index (χ2n) is 6.28. The van der Waals surface area contributed by atoms with Crippen molar-refractivity contribution in [1.82, 2.24) is 0 Å². The fourth-order valence-electron chi connectivity index (χ4n) is 2.92. The Kier molecular flexibility index (Phi) is 9.28. The van der Waals surface area contributed by atoms with Gasteiger partial charge in [-0.25, -0.2) is 4.79 Å². The molecule has 0 saturated carbocycles. The van der Waals surface area contributed by atoms with Crippen molar-refractivity contribution in [2.45, 2.75) is 0 Å². The number of benzene rings is 2. The molecule has 0 bridgehead atoms. The first-order valence-electron chi connectivity index (χ1n) is 9.62. The zero-order chi connectivity index (χ0) is 23.5. The van der Waals surface area contributed by atoms with E-state index in [1.165, 1.54) is 27.4 Å². The molecule has 0 aliphatic rings. The molecule has 32 heavy (non-hydrogen) atoms. The summed E-state index contributed by atoms with van der Waals surface area (Å²) in [5.74, 6) is 2.56. The van der Waals surface area contributed by atoms with Gasteiger partial charge in [0.15, 0.2) is 23.0 Å². The fourth-order valence-corrected chi connectivity index (χ4v) is 2.92. The van der Waals surface area contributed by atoms with E-state index in [0.717, 1.165) is 5.56 Å². The smallest absolute Gasteiger partial charge is 0.331 e. The average Bonchev–Trinajstić information content (AvgIpc) is 2.83. The van der Waals surface area contributed by atoms with E-state index >= 15 is 0 Å². The van der Waals surface area contributed by atoms with Crippen LogP contribution < -0.4 is 28.4 Å². The maximum atomic E-state index is 12.1. The van der Waals surface area contributed by atoms with Gasteiger partial charge in [-0.2, -0.15) is 0 Å². The van der Waals surface area contributed by atoms with Crippen LogP contribution in [0, 0.1) is 0 Å². The summed E-state index contributed by atoms with van der Waals surface area (Å²) in [6, 6.07) is 7.05. The Morgan fingerprint density at radius 2 is 1.06 bits per heavy atom. The summed E-state index contributed by atoms with van der Waals surface area (Å²) in [5.41, 5.74) is 1.51. The summed E-state index contributed by atoms with van der Waals surface area (Å²) < 4.78 is 37.1. The van der Waals surface area contributed by atoms with Crippen molar-refractivity contribution in [1.29, 1.82) is 0 Å². The van der Waals surface area contributed by atoms with Crippen LogP contribution in [0.4, 0.5) is 0 Å². The van der Waals surface area contributed by atoms with Crippen LogP contribution in [-0.4, -0.2) is 55.2 Å². The molecule has 0 radical (unpaired) electrons. The molecule has 2 rings (SSSR count). The van der Waals surface area contributed by atoms with Gasteiger partial charge in [0.05, 0.1) is 42.7 Å². The van der Waals surface area contributed by atoms with Crippen molar-refractivity contribution in [2.75, 3.05) is 49.3 Å². The Morgan fingerprint density at radius 1 is 0.656 bits per heavy atom. The van der Waals surface area contributed by atoms with Gasteiger partial charge < -0.3 is 33.2 Å². The second kappa shape index (κ2) is 12.1. The Balaban J connectivity index is 2.02. The van der Waals surface area contributed by atoms with Crippen LogP contribution in [0.15, 0.2) is 36.4 Å². The lowest BCUT2D eigenvalue weighted by atomic mass is 10.1. The van der Waals surface area contributed by atoms with E-state index in [9.17, 15) is 4.79 Å². The minimum atomic E-state index is -0.492. The number of hydrogen-bond acceptors (Lipinski definition) is 8. The van der Waals surface area contributed by atoms with E-state index in [0.29, 0.717) is 40.1 Å². The SMILES string of the molecule is COc1cc(/C=C/COC(=O)/C=C/c2cc(OC)c(OC)c(OC)c2)cc(OC)c1OC. The number of methoxy groups -OCH3 is 6. The molecular formula is C24H28O8. The number of esters is 1. The highest BCUT2D eigenvalue weighted by Crippen LogP contribution is 2.39. The molecule has 0 amide bonds. The Bertz CT molecular complexity index is 928. The zero-order valence-electron chi connectivity index (χ0n) is 19.1. The van der Waals surface area contributed by atoms with E-state index in [4.69, 9.17) is 33.2 Å². The van der Waals surface area contributed by atoms with E-state index < -0.39 is 5.97 Å². The van der Waals surface area contributed by atoms with Crippen LogP contribution in [0.3, 0.4) is 0 Å². The van der Waals surface area contributed by atoms with Gasteiger partial charge in [-0.15, -0.1) is 0 Å². The van der Waals surface area contributed by atoms with Crippen LogP contribution in [-0.2, 0) is 9.53 Å². The van der Waals surface area contributed by atoms with Crippen molar-refractivity contribution < 1.29 is 38.0 Å². The van der Waals surface area contributed by atoms with Crippen molar-refractivity contribution in [3.63, 3.8) is 0 Å².